The van der Waals surface area contributed by atoms with Gasteiger partial charge in [0, 0.05) is 11.1 Å². The molecule has 18 heavy (non-hydrogen) atoms. The fourth-order valence-electron chi connectivity index (χ4n) is 1.21. The van der Waals surface area contributed by atoms with Crippen molar-refractivity contribution in [2.45, 2.75) is 6.92 Å². The van der Waals surface area contributed by atoms with Gasteiger partial charge in [-0.3, -0.25) is 4.79 Å². The van der Waals surface area contributed by atoms with Crippen LogP contribution in [0.5, 0.6) is 0 Å². The van der Waals surface area contributed by atoms with Gasteiger partial charge >= 0.3 is 0 Å². The van der Waals surface area contributed by atoms with E-state index in [1.54, 1.807) is 12.1 Å². The van der Waals surface area contributed by atoms with E-state index in [1.807, 2.05) is 6.92 Å². The Morgan fingerprint density at radius 1 is 1.17 bits per heavy atom. The first-order chi connectivity index (χ1) is 8.09. The van der Waals surface area contributed by atoms with E-state index in [4.69, 9.17) is 0 Å². The zero-order valence-electron chi connectivity index (χ0n) is 10.0. The van der Waals surface area contributed by atoms with Crippen molar-refractivity contribution in [2.24, 2.45) is 0 Å². The van der Waals surface area contributed by atoms with Gasteiger partial charge in [-0.05, 0) is 19.1 Å². The molecule has 5 nitrogen and oxygen atoms in total. The molecule has 0 unspecified atom stereocenters. The van der Waals surface area contributed by atoms with Gasteiger partial charge in [0.05, 0.1) is 16.4 Å². The Kier molecular flexibility index (Phi) is 4.68. The molecule has 0 spiro atoms. The summed E-state index contributed by atoms with van der Waals surface area (Å²) in [5, 5.41) is 0. The highest BCUT2D eigenvalue weighted by Gasteiger charge is 2.20. The Hall–Kier alpha value is -0.730. The number of ketones is 1. The van der Waals surface area contributed by atoms with E-state index in [9.17, 15) is 21.6 Å². The van der Waals surface area contributed by atoms with Gasteiger partial charge in [0.15, 0.2) is 15.6 Å². The number of hydrogen-bond donors (Lipinski definition) is 0. The van der Waals surface area contributed by atoms with E-state index in [0.717, 1.165) is 11.1 Å². The molecule has 1 rings (SSSR count). The van der Waals surface area contributed by atoms with Gasteiger partial charge in [-0.25, -0.2) is 16.8 Å². The predicted molar refractivity (Wildman–Crippen MR) is 71.8 cm³/mol. The molecule has 102 valence electrons. The van der Waals surface area contributed by atoms with E-state index in [2.05, 4.69) is 0 Å². The molecule has 1 aromatic heterocycles. The van der Waals surface area contributed by atoms with Gasteiger partial charge < -0.3 is 0 Å². The summed E-state index contributed by atoms with van der Waals surface area (Å²) in [6.45, 7) is 1.82. The molecule has 0 saturated carbocycles. The van der Waals surface area contributed by atoms with Crippen molar-refractivity contribution >= 4 is 36.8 Å². The lowest BCUT2D eigenvalue weighted by molar-refractivity contribution is 0.102. The summed E-state index contributed by atoms with van der Waals surface area (Å²) in [5.74, 6) is -2.09. The van der Waals surface area contributed by atoms with Crippen LogP contribution in [0.2, 0.25) is 0 Å². The molecule has 0 saturated heterocycles. The third-order valence-corrected chi connectivity index (χ3v) is 5.91. The van der Waals surface area contributed by atoms with Gasteiger partial charge in [0.1, 0.15) is 15.6 Å². The maximum absolute atomic E-state index is 11.7. The third-order valence-electron chi connectivity index (χ3n) is 2.13. The first-order valence-corrected chi connectivity index (χ1v) is 9.77. The average Bonchev–Trinajstić information content (AvgIpc) is 2.61. The van der Waals surface area contributed by atoms with Crippen molar-refractivity contribution in [3.05, 3.63) is 21.9 Å². The van der Waals surface area contributed by atoms with Crippen LogP contribution in [0, 0.1) is 6.92 Å². The Morgan fingerprint density at radius 2 is 1.78 bits per heavy atom. The fraction of sp³-hybridized carbons (Fsp3) is 0.500. The highest BCUT2D eigenvalue weighted by atomic mass is 32.2. The molecule has 0 aliphatic carbocycles. The molecule has 0 N–H and O–H groups in total. The Balaban J connectivity index is 2.69. The summed E-state index contributed by atoms with van der Waals surface area (Å²) < 4.78 is 45.0. The lowest BCUT2D eigenvalue weighted by Gasteiger charge is -2.01. The number of carbonyl (C=O) groups excluding carboxylic acids is 1. The van der Waals surface area contributed by atoms with E-state index in [0.29, 0.717) is 4.88 Å². The monoisotopic (exact) mass is 310 g/mol. The van der Waals surface area contributed by atoms with Crippen LogP contribution in [0.4, 0.5) is 0 Å². The van der Waals surface area contributed by atoms with Crippen molar-refractivity contribution in [2.75, 3.05) is 23.5 Å². The van der Waals surface area contributed by atoms with Crippen molar-refractivity contribution in [1.29, 1.82) is 0 Å². The Bertz CT molecular complexity index is 637. The second-order valence-electron chi connectivity index (χ2n) is 4.06. The molecule has 0 aliphatic rings. The van der Waals surface area contributed by atoms with E-state index >= 15 is 0 Å². The van der Waals surface area contributed by atoms with Crippen LogP contribution in [0.25, 0.3) is 0 Å². The highest BCUT2D eigenvalue weighted by Crippen LogP contribution is 2.16. The number of sulfone groups is 2. The number of thiophene rings is 1. The lowest BCUT2D eigenvalue weighted by atomic mass is 10.3. The second kappa shape index (κ2) is 5.50. The normalized spacial score (nSPS) is 12.6. The number of rotatable bonds is 6. The molecular formula is C10H14O5S3. The highest BCUT2D eigenvalue weighted by molar-refractivity contribution is 7.95. The molecule has 0 aliphatic heterocycles. The third kappa shape index (κ3) is 5.28. The Labute approximate surface area is 111 Å². The van der Waals surface area contributed by atoms with E-state index in [1.165, 1.54) is 11.3 Å². The van der Waals surface area contributed by atoms with Crippen molar-refractivity contribution in [3.8, 4) is 0 Å². The van der Waals surface area contributed by atoms with Crippen LogP contribution in [0.15, 0.2) is 12.1 Å². The van der Waals surface area contributed by atoms with Crippen molar-refractivity contribution < 1.29 is 21.6 Å². The fourth-order valence-corrected chi connectivity index (χ4v) is 5.03. The first kappa shape index (κ1) is 15.3. The first-order valence-electron chi connectivity index (χ1n) is 5.07. The van der Waals surface area contributed by atoms with Crippen LogP contribution in [0.1, 0.15) is 14.5 Å². The largest absolute Gasteiger partial charge is 0.292 e. The smallest absolute Gasteiger partial charge is 0.187 e. The number of Topliss-reactive ketones (excluding diaryl/α,β-unsaturated/α-hetero) is 1. The number of aryl methyl sites for hydroxylation is 1. The summed E-state index contributed by atoms with van der Waals surface area (Å²) in [6, 6.07) is 3.31. The van der Waals surface area contributed by atoms with Crippen LogP contribution in [-0.4, -0.2) is 46.1 Å². The van der Waals surface area contributed by atoms with Crippen LogP contribution in [-0.2, 0) is 19.7 Å². The summed E-state index contributed by atoms with van der Waals surface area (Å²) in [7, 11) is -7.02. The van der Waals surface area contributed by atoms with E-state index in [-0.39, 0.29) is 0 Å². The molecule has 0 radical (unpaired) electrons. The predicted octanol–water partition coefficient (Wildman–Crippen LogP) is 0.699. The average molecular weight is 310 g/mol. The minimum absolute atomic E-state index is 0.385. The summed E-state index contributed by atoms with van der Waals surface area (Å²) in [6.07, 6.45) is 0.965. The van der Waals surface area contributed by atoms with Gasteiger partial charge in [-0.15, -0.1) is 11.3 Å². The molecule has 0 amide bonds. The van der Waals surface area contributed by atoms with Gasteiger partial charge in [-0.1, -0.05) is 0 Å². The lowest BCUT2D eigenvalue weighted by Crippen LogP contribution is -2.23. The quantitative estimate of drug-likeness (QED) is 0.722. The van der Waals surface area contributed by atoms with Gasteiger partial charge in [0.25, 0.3) is 0 Å². The summed E-state index contributed by atoms with van der Waals surface area (Å²) >= 11 is 1.23. The maximum atomic E-state index is 11.7. The minimum Gasteiger partial charge on any atom is -0.292 e. The molecule has 0 bridgehead atoms. The van der Waals surface area contributed by atoms with E-state index < -0.39 is 42.7 Å². The number of hydrogen-bond acceptors (Lipinski definition) is 6. The molecule has 1 heterocycles. The Morgan fingerprint density at radius 3 is 2.22 bits per heavy atom. The van der Waals surface area contributed by atoms with Crippen molar-refractivity contribution in [1.82, 2.24) is 0 Å². The van der Waals surface area contributed by atoms with Crippen LogP contribution < -0.4 is 0 Å². The van der Waals surface area contributed by atoms with Crippen molar-refractivity contribution in [3.63, 3.8) is 0 Å². The summed E-state index contributed by atoms with van der Waals surface area (Å²) in [4.78, 5) is 13.0. The molecule has 0 aromatic carbocycles. The molecule has 8 heteroatoms. The van der Waals surface area contributed by atoms with Crippen LogP contribution >= 0.6 is 11.3 Å². The minimum atomic E-state index is -3.67. The zero-order valence-corrected chi connectivity index (χ0v) is 12.5. The second-order valence-corrected chi connectivity index (χ2v) is 9.79. The molecular weight excluding hydrogens is 296 g/mol. The number of carbonyl (C=O) groups is 1. The molecule has 1 aromatic rings. The standard InChI is InChI=1S/C10H14O5S3/c1-8-3-4-10(16-8)9(11)7-18(14,15)6-5-17(2,12)13/h3-4H,5-7H2,1-2H3. The molecule has 0 atom stereocenters. The topological polar surface area (TPSA) is 85.3 Å². The molecule has 0 fully saturated rings. The van der Waals surface area contributed by atoms with Crippen LogP contribution in [0.3, 0.4) is 0 Å². The van der Waals surface area contributed by atoms with Gasteiger partial charge in [-0.2, -0.15) is 0 Å². The zero-order chi connectivity index (χ0) is 14.0. The maximum Gasteiger partial charge on any atom is 0.187 e. The van der Waals surface area contributed by atoms with Gasteiger partial charge in [0.2, 0.25) is 0 Å². The summed E-state index contributed by atoms with van der Waals surface area (Å²) in [5.41, 5.74) is 0. The SMILES string of the molecule is Cc1ccc(C(=O)CS(=O)(=O)CCS(C)(=O)=O)s1.